The smallest absolute Gasteiger partial charge is 0.220 e. The molecule has 1 heterocycles. The second-order valence-corrected chi connectivity index (χ2v) is 5.29. The Labute approximate surface area is 126 Å². The largest absolute Gasteiger partial charge is 0.352 e. The Morgan fingerprint density at radius 1 is 1.19 bits per heavy atom. The first-order valence-corrected chi connectivity index (χ1v) is 7.58. The van der Waals surface area contributed by atoms with Crippen molar-refractivity contribution in [3.8, 4) is 0 Å². The van der Waals surface area contributed by atoms with E-state index in [1.54, 1.807) is 6.20 Å². The van der Waals surface area contributed by atoms with Gasteiger partial charge in [0.15, 0.2) is 0 Å². The second kappa shape index (κ2) is 8.25. The van der Waals surface area contributed by atoms with Gasteiger partial charge in [0.05, 0.1) is 6.33 Å². The topological polar surface area (TPSA) is 46.9 Å². The molecule has 4 heteroatoms. The first kappa shape index (κ1) is 15.3. The highest BCUT2D eigenvalue weighted by Gasteiger charge is 2.01. The first-order valence-electron chi connectivity index (χ1n) is 7.58. The SMILES string of the molecule is CCCCCC(=O)NCc1ccc(Cn2ccnc2)cc1. The number of carbonyl (C=O) groups is 1. The molecular weight excluding hydrogens is 262 g/mol. The molecule has 1 amide bonds. The Hall–Kier alpha value is -2.10. The summed E-state index contributed by atoms with van der Waals surface area (Å²) in [6.07, 6.45) is 9.41. The minimum atomic E-state index is 0.144. The number of nitrogens with zero attached hydrogens (tertiary/aromatic N) is 2. The quantitative estimate of drug-likeness (QED) is 0.757. The molecule has 0 spiro atoms. The molecule has 0 saturated heterocycles. The maximum Gasteiger partial charge on any atom is 0.220 e. The van der Waals surface area contributed by atoms with Crippen molar-refractivity contribution < 1.29 is 4.79 Å². The van der Waals surface area contributed by atoms with Crippen LogP contribution in [0.15, 0.2) is 43.0 Å². The summed E-state index contributed by atoms with van der Waals surface area (Å²) < 4.78 is 2.03. The molecule has 0 aliphatic rings. The highest BCUT2D eigenvalue weighted by Crippen LogP contribution is 2.07. The van der Waals surface area contributed by atoms with Crippen LogP contribution in [-0.4, -0.2) is 15.5 Å². The Morgan fingerprint density at radius 3 is 2.62 bits per heavy atom. The minimum Gasteiger partial charge on any atom is -0.352 e. The second-order valence-electron chi connectivity index (χ2n) is 5.29. The Kier molecular flexibility index (Phi) is 6.00. The molecule has 0 bridgehead atoms. The number of hydrogen-bond acceptors (Lipinski definition) is 2. The molecule has 112 valence electrons. The Morgan fingerprint density at radius 2 is 1.95 bits per heavy atom. The minimum absolute atomic E-state index is 0.144. The zero-order chi connectivity index (χ0) is 14.9. The number of rotatable bonds is 8. The van der Waals surface area contributed by atoms with Crippen molar-refractivity contribution >= 4 is 5.91 Å². The van der Waals surface area contributed by atoms with Crippen LogP contribution >= 0.6 is 0 Å². The molecule has 0 aliphatic carbocycles. The number of hydrogen-bond donors (Lipinski definition) is 1. The van der Waals surface area contributed by atoms with E-state index in [0.29, 0.717) is 13.0 Å². The summed E-state index contributed by atoms with van der Waals surface area (Å²) in [6.45, 7) is 3.57. The average Bonchev–Trinajstić information content (AvgIpc) is 3.00. The molecule has 1 aromatic heterocycles. The molecule has 21 heavy (non-hydrogen) atoms. The summed E-state index contributed by atoms with van der Waals surface area (Å²) in [5.41, 5.74) is 2.36. The average molecular weight is 285 g/mol. The van der Waals surface area contributed by atoms with Gasteiger partial charge in [-0.2, -0.15) is 0 Å². The molecule has 0 atom stereocenters. The summed E-state index contributed by atoms with van der Waals surface area (Å²) in [6, 6.07) is 8.33. The van der Waals surface area contributed by atoms with E-state index in [4.69, 9.17) is 0 Å². The predicted octanol–water partition coefficient (Wildman–Crippen LogP) is 3.13. The normalized spacial score (nSPS) is 10.5. The highest BCUT2D eigenvalue weighted by molar-refractivity contribution is 5.75. The van der Waals surface area contributed by atoms with Crippen molar-refractivity contribution in [2.75, 3.05) is 0 Å². The van der Waals surface area contributed by atoms with Crippen LogP contribution in [0.4, 0.5) is 0 Å². The summed E-state index contributed by atoms with van der Waals surface area (Å²) in [5, 5.41) is 2.97. The molecule has 2 rings (SSSR count). The van der Waals surface area contributed by atoms with Gasteiger partial charge >= 0.3 is 0 Å². The van der Waals surface area contributed by atoms with E-state index in [1.807, 2.05) is 17.1 Å². The molecule has 4 nitrogen and oxygen atoms in total. The summed E-state index contributed by atoms with van der Waals surface area (Å²) >= 11 is 0. The number of imidazole rings is 1. The third-order valence-electron chi connectivity index (χ3n) is 3.44. The van der Waals surface area contributed by atoms with Crippen LogP contribution in [-0.2, 0) is 17.9 Å². The number of benzene rings is 1. The lowest BCUT2D eigenvalue weighted by Gasteiger charge is -2.07. The zero-order valence-electron chi connectivity index (χ0n) is 12.6. The van der Waals surface area contributed by atoms with Crippen molar-refractivity contribution in [1.82, 2.24) is 14.9 Å². The van der Waals surface area contributed by atoms with Crippen molar-refractivity contribution in [3.63, 3.8) is 0 Å². The maximum absolute atomic E-state index is 11.6. The lowest BCUT2D eigenvalue weighted by Crippen LogP contribution is -2.22. The fourth-order valence-corrected chi connectivity index (χ4v) is 2.18. The van der Waals surface area contributed by atoms with Gasteiger partial charge in [-0.1, -0.05) is 44.0 Å². The number of nitrogens with one attached hydrogen (secondary N) is 1. The van der Waals surface area contributed by atoms with E-state index in [-0.39, 0.29) is 5.91 Å². The van der Waals surface area contributed by atoms with Crippen molar-refractivity contribution in [1.29, 1.82) is 0 Å². The molecule has 1 aromatic carbocycles. The number of amides is 1. The maximum atomic E-state index is 11.6. The Bertz CT molecular complexity index is 532. The van der Waals surface area contributed by atoms with Gasteiger partial charge in [-0.25, -0.2) is 4.98 Å². The van der Waals surface area contributed by atoms with Crippen LogP contribution in [0, 0.1) is 0 Å². The van der Waals surface area contributed by atoms with Gasteiger partial charge < -0.3 is 9.88 Å². The molecule has 0 saturated carbocycles. The van der Waals surface area contributed by atoms with Gasteiger partial charge in [0.2, 0.25) is 5.91 Å². The standard InChI is InChI=1S/C17H23N3O/c1-2-3-4-5-17(21)19-12-15-6-8-16(9-7-15)13-20-11-10-18-14-20/h6-11,14H,2-5,12-13H2,1H3,(H,19,21). The van der Waals surface area contributed by atoms with Gasteiger partial charge in [-0.3, -0.25) is 4.79 Å². The van der Waals surface area contributed by atoms with Crippen molar-refractivity contribution in [2.45, 2.75) is 45.7 Å². The van der Waals surface area contributed by atoms with Crippen LogP contribution in [0.5, 0.6) is 0 Å². The zero-order valence-corrected chi connectivity index (χ0v) is 12.6. The van der Waals surface area contributed by atoms with Gasteiger partial charge in [0.25, 0.3) is 0 Å². The van der Waals surface area contributed by atoms with Crippen LogP contribution in [0.2, 0.25) is 0 Å². The van der Waals surface area contributed by atoms with Crippen LogP contribution in [0.3, 0.4) is 0 Å². The Balaban J connectivity index is 1.75. The molecule has 1 N–H and O–H groups in total. The lowest BCUT2D eigenvalue weighted by molar-refractivity contribution is -0.121. The van der Waals surface area contributed by atoms with Gasteiger partial charge in [-0.15, -0.1) is 0 Å². The number of aromatic nitrogens is 2. The van der Waals surface area contributed by atoms with E-state index in [0.717, 1.165) is 31.4 Å². The van der Waals surface area contributed by atoms with E-state index in [1.165, 1.54) is 5.56 Å². The van der Waals surface area contributed by atoms with Crippen LogP contribution < -0.4 is 5.32 Å². The molecule has 0 fully saturated rings. The third kappa shape index (κ3) is 5.42. The number of carbonyl (C=O) groups excluding carboxylic acids is 1. The predicted molar refractivity (Wildman–Crippen MR) is 83.8 cm³/mol. The van der Waals surface area contributed by atoms with E-state index in [2.05, 4.69) is 41.5 Å². The van der Waals surface area contributed by atoms with Crippen LogP contribution in [0.25, 0.3) is 0 Å². The summed E-state index contributed by atoms with van der Waals surface area (Å²) in [5.74, 6) is 0.144. The molecule has 2 aromatic rings. The van der Waals surface area contributed by atoms with Gasteiger partial charge in [-0.05, 0) is 17.5 Å². The van der Waals surface area contributed by atoms with Crippen molar-refractivity contribution in [2.24, 2.45) is 0 Å². The van der Waals surface area contributed by atoms with Crippen LogP contribution in [0.1, 0.15) is 43.7 Å². The molecular formula is C17H23N3O. The fourth-order valence-electron chi connectivity index (χ4n) is 2.18. The molecule has 0 unspecified atom stereocenters. The monoisotopic (exact) mass is 285 g/mol. The fraction of sp³-hybridized carbons (Fsp3) is 0.412. The van der Waals surface area contributed by atoms with Gasteiger partial charge in [0.1, 0.15) is 0 Å². The highest BCUT2D eigenvalue weighted by atomic mass is 16.1. The van der Waals surface area contributed by atoms with Crippen molar-refractivity contribution in [3.05, 3.63) is 54.1 Å². The van der Waals surface area contributed by atoms with Gasteiger partial charge in [0, 0.05) is 31.9 Å². The molecule has 0 aliphatic heterocycles. The summed E-state index contributed by atoms with van der Waals surface area (Å²) in [4.78, 5) is 15.7. The van der Waals surface area contributed by atoms with E-state index in [9.17, 15) is 4.79 Å². The summed E-state index contributed by atoms with van der Waals surface area (Å²) in [7, 11) is 0. The van der Waals surface area contributed by atoms with E-state index < -0.39 is 0 Å². The van der Waals surface area contributed by atoms with E-state index >= 15 is 0 Å². The molecule has 0 radical (unpaired) electrons. The number of unbranched alkanes of at least 4 members (excludes halogenated alkanes) is 2. The third-order valence-corrected chi connectivity index (χ3v) is 3.44. The lowest BCUT2D eigenvalue weighted by atomic mass is 10.1. The first-order chi connectivity index (χ1) is 10.3.